The van der Waals surface area contributed by atoms with Crippen LogP contribution >= 0.6 is 0 Å². The van der Waals surface area contributed by atoms with E-state index in [0.717, 1.165) is 6.42 Å². The molecule has 0 N–H and O–H groups in total. The van der Waals surface area contributed by atoms with Gasteiger partial charge in [0, 0.05) is 12.8 Å². The average molecular weight is 240 g/mol. The normalized spacial score (nSPS) is 11.2. The van der Waals surface area contributed by atoms with Crippen LogP contribution < -0.4 is 0 Å². The van der Waals surface area contributed by atoms with E-state index in [-0.39, 0.29) is 18.8 Å². The molecule has 0 amide bonds. The van der Waals surface area contributed by atoms with Gasteiger partial charge in [0.25, 0.3) is 0 Å². The number of Topliss-reactive ketones (excluding diaryl/α,β-unsaturated/α-hetero) is 1. The van der Waals surface area contributed by atoms with Crippen molar-refractivity contribution in [3.05, 3.63) is 0 Å². The van der Waals surface area contributed by atoms with Gasteiger partial charge < -0.3 is 4.74 Å². The Labute approximate surface area is 92.0 Å². The maximum Gasteiger partial charge on any atom is 0.490 e. The minimum absolute atomic E-state index is 0.0876. The second-order valence-corrected chi connectivity index (χ2v) is 3.38. The number of halogens is 3. The number of unbranched alkanes of at least 4 members (excludes halogenated alkanes) is 1. The first kappa shape index (κ1) is 14.9. The third-order valence-electron chi connectivity index (χ3n) is 1.84. The van der Waals surface area contributed by atoms with Crippen molar-refractivity contribution in [1.82, 2.24) is 0 Å². The molecule has 0 aromatic carbocycles. The molecule has 0 rings (SSSR count). The average Bonchev–Trinajstić information content (AvgIpc) is 2.16. The van der Waals surface area contributed by atoms with E-state index in [0.29, 0.717) is 19.3 Å². The Hall–Kier alpha value is -1.07. The summed E-state index contributed by atoms with van der Waals surface area (Å²) in [6.07, 6.45) is -2.62. The molecule has 0 aromatic heterocycles. The molecule has 0 aliphatic heterocycles. The zero-order valence-electron chi connectivity index (χ0n) is 9.10. The Kier molecular flexibility index (Phi) is 6.76. The lowest BCUT2D eigenvalue weighted by Gasteiger charge is -2.06. The smallest absolute Gasteiger partial charge is 0.459 e. The lowest BCUT2D eigenvalue weighted by molar-refractivity contribution is -0.199. The number of hydrogen-bond acceptors (Lipinski definition) is 3. The zero-order valence-corrected chi connectivity index (χ0v) is 9.10. The second-order valence-electron chi connectivity index (χ2n) is 3.38. The number of ketones is 1. The molecule has 0 fully saturated rings. The Morgan fingerprint density at radius 1 is 1.12 bits per heavy atom. The van der Waals surface area contributed by atoms with E-state index in [4.69, 9.17) is 0 Å². The van der Waals surface area contributed by atoms with Gasteiger partial charge in [0.2, 0.25) is 0 Å². The molecule has 0 aromatic rings. The number of rotatable bonds is 7. The molecule has 0 aliphatic rings. The van der Waals surface area contributed by atoms with Crippen LogP contribution in [0.5, 0.6) is 0 Å². The van der Waals surface area contributed by atoms with Gasteiger partial charge in [0.15, 0.2) is 0 Å². The van der Waals surface area contributed by atoms with E-state index < -0.39 is 12.1 Å². The predicted molar refractivity (Wildman–Crippen MR) is 50.8 cm³/mol. The van der Waals surface area contributed by atoms with Crippen molar-refractivity contribution in [2.75, 3.05) is 6.61 Å². The van der Waals surface area contributed by atoms with Crippen molar-refractivity contribution in [2.24, 2.45) is 0 Å². The highest BCUT2D eigenvalue weighted by Gasteiger charge is 2.40. The van der Waals surface area contributed by atoms with Gasteiger partial charge in [0.1, 0.15) is 5.78 Å². The highest BCUT2D eigenvalue weighted by atomic mass is 19.4. The number of alkyl halides is 3. The summed E-state index contributed by atoms with van der Waals surface area (Å²) in [6.45, 7) is 1.58. The summed E-state index contributed by atoms with van der Waals surface area (Å²) in [6, 6.07) is 0. The van der Waals surface area contributed by atoms with Crippen LogP contribution in [0.25, 0.3) is 0 Å². The molecule has 0 radical (unpaired) electrons. The Morgan fingerprint density at radius 2 is 1.75 bits per heavy atom. The van der Waals surface area contributed by atoms with Gasteiger partial charge in [-0.2, -0.15) is 13.2 Å². The largest absolute Gasteiger partial charge is 0.490 e. The summed E-state index contributed by atoms with van der Waals surface area (Å²) in [5.74, 6) is -2.09. The van der Waals surface area contributed by atoms with Gasteiger partial charge >= 0.3 is 12.1 Å². The van der Waals surface area contributed by atoms with Gasteiger partial charge in [-0.1, -0.05) is 6.92 Å². The van der Waals surface area contributed by atoms with E-state index in [2.05, 4.69) is 4.74 Å². The van der Waals surface area contributed by atoms with Crippen LogP contribution in [0.1, 0.15) is 39.0 Å². The Bertz CT molecular complexity index is 236. The summed E-state index contributed by atoms with van der Waals surface area (Å²) < 4.78 is 38.9. The molecule has 0 saturated carbocycles. The van der Waals surface area contributed by atoms with Crippen molar-refractivity contribution >= 4 is 11.8 Å². The molecule has 0 bridgehead atoms. The van der Waals surface area contributed by atoms with Gasteiger partial charge in [-0.25, -0.2) is 4.79 Å². The summed E-state index contributed by atoms with van der Waals surface area (Å²) >= 11 is 0. The van der Waals surface area contributed by atoms with Crippen molar-refractivity contribution in [2.45, 2.75) is 45.2 Å². The minimum atomic E-state index is -4.93. The first-order valence-corrected chi connectivity index (χ1v) is 5.13. The molecule has 16 heavy (non-hydrogen) atoms. The topological polar surface area (TPSA) is 43.4 Å². The van der Waals surface area contributed by atoms with E-state index in [1.807, 2.05) is 6.92 Å². The van der Waals surface area contributed by atoms with Crippen molar-refractivity contribution < 1.29 is 27.5 Å². The minimum Gasteiger partial charge on any atom is -0.459 e. The highest BCUT2D eigenvalue weighted by Crippen LogP contribution is 2.16. The number of carbonyl (C=O) groups excluding carboxylic acids is 2. The highest BCUT2D eigenvalue weighted by molar-refractivity contribution is 5.78. The second kappa shape index (κ2) is 7.24. The molecular weight excluding hydrogens is 225 g/mol. The predicted octanol–water partition coefficient (Wildman–Crippen LogP) is 2.63. The van der Waals surface area contributed by atoms with Gasteiger partial charge in [-0.3, -0.25) is 4.79 Å². The number of carbonyl (C=O) groups is 2. The lowest BCUT2D eigenvalue weighted by atomic mass is 10.1. The lowest BCUT2D eigenvalue weighted by Crippen LogP contribution is -2.25. The molecule has 94 valence electrons. The first-order chi connectivity index (χ1) is 7.38. The fraction of sp³-hybridized carbons (Fsp3) is 0.800. The maximum absolute atomic E-state index is 11.7. The number of esters is 1. The third kappa shape index (κ3) is 7.25. The van der Waals surface area contributed by atoms with Gasteiger partial charge in [-0.15, -0.1) is 0 Å². The van der Waals surface area contributed by atoms with Crippen molar-refractivity contribution in [1.29, 1.82) is 0 Å². The van der Waals surface area contributed by atoms with Crippen molar-refractivity contribution in [3.63, 3.8) is 0 Å². The maximum atomic E-state index is 11.7. The summed E-state index contributed by atoms with van der Waals surface area (Å²) in [5.41, 5.74) is 0. The fourth-order valence-corrected chi connectivity index (χ4v) is 1.07. The molecule has 0 aliphatic carbocycles. The summed E-state index contributed by atoms with van der Waals surface area (Å²) in [4.78, 5) is 21.3. The molecule has 0 heterocycles. The van der Waals surface area contributed by atoms with E-state index in [1.165, 1.54) is 0 Å². The van der Waals surface area contributed by atoms with Crippen molar-refractivity contribution in [3.8, 4) is 0 Å². The van der Waals surface area contributed by atoms with Crippen LogP contribution in [0.15, 0.2) is 0 Å². The third-order valence-corrected chi connectivity index (χ3v) is 1.84. The van der Waals surface area contributed by atoms with Gasteiger partial charge in [-0.05, 0) is 19.3 Å². The SMILES string of the molecule is CCCC(=O)CCCCOC(=O)C(F)(F)F. The monoisotopic (exact) mass is 240 g/mol. The summed E-state index contributed by atoms with van der Waals surface area (Å²) in [5, 5.41) is 0. The quantitative estimate of drug-likeness (QED) is 0.507. The van der Waals surface area contributed by atoms with Crippen LogP contribution in [-0.4, -0.2) is 24.5 Å². The van der Waals surface area contributed by atoms with Crippen LogP contribution in [0, 0.1) is 0 Å². The zero-order chi connectivity index (χ0) is 12.6. The van der Waals surface area contributed by atoms with E-state index >= 15 is 0 Å². The van der Waals surface area contributed by atoms with Crippen LogP contribution in [0.4, 0.5) is 13.2 Å². The van der Waals surface area contributed by atoms with E-state index in [9.17, 15) is 22.8 Å². The first-order valence-electron chi connectivity index (χ1n) is 5.13. The Morgan fingerprint density at radius 3 is 2.25 bits per heavy atom. The molecule has 0 saturated heterocycles. The number of ether oxygens (including phenoxy) is 1. The fourth-order valence-electron chi connectivity index (χ4n) is 1.07. The van der Waals surface area contributed by atoms with Crippen LogP contribution in [-0.2, 0) is 14.3 Å². The summed E-state index contributed by atoms with van der Waals surface area (Å²) in [7, 11) is 0. The molecule has 0 unspecified atom stereocenters. The molecular formula is C10H15F3O3. The molecule has 0 spiro atoms. The van der Waals surface area contributed by atoms with Crippen LogP contribution in [0.3, 0.4) is 0 Å². The standard InChI is InChI=1S/C10H15F3O3/c1-2-5-8(14)6-3-4-7-16-9(15)10(11,12)13/h2-7H2,1H3. The Balaban J connectivity index is 3.48. The molecule has 0 atom stereocenters. The van der Waals surface area contributed by atoms with Crippen LogP contribution in [0.2, 0.25) is 0 Å². The molecule has 6 heteroatoms. The number of hydrogen-bond donors (Lipinski definition) is 0. The van der Waals surface area contributed by atoms with Gasteiger partial charge in [0.05, 0.1) is 6.61 Å². The molecule has 3 nitrogen and oxygen atoms in total. The van der Waals surface area contributed by atoms with E-state index in [1.54, 1.807) is 0 Å².